The van der Waals surface area contributed by atoms with Gasteiger partial charge in [-0.05, 0) is 12.0 Å². The van der Waals surface area contributed by atoms with Crippen LogP contribution in [0.3, 0.4) is 0 Å². The van der Waals surface area contributed by atoms with E-state index in [0.29, 0.717) is 5.70 Å². The highest BCUT2D eigenvalue weighted by molar-refractivity contribution is 5.31. The lowest BCUT2D eigenvalue weighted by molar-refractivity contribution is 1.15. The Morgan fingerprint density at radius 1 is 1.75 bits per heavy atom. The molecule has 0 aliphatic heterocycles. The van der Waals surface area contributed by atoms with Crippen molar-refractivity contribution in [2.45, 2.75) is 6.42 Å². The van der Waals surface area contributed by atoms with Gasteiger partial charge in [-0.2, -0.15) is 0 Å². The van der Waals surface area contributed by atoms with Crippen molar-refractivity contribution >= 4 is 0 Å². The van der Waals surface area contributed by atoms with Crippen LogP contribution in [-0.4, -0.2) is 0 Å². The number of allylic oxidation sites excluding steroid dienone is 4. The van der Waals surface area contributed by atoms with Crippen molar-refractivity contribution < 1.29 is 0 Å². The molecular formula is C7H8N. The van der Waals surface area contributed by atoms with Crippen molar-refractivity contribution in [3.05, 3.63) is 36.1 Å². The first kappa shape index (κ1) is 5.16. The minimum absolute atomic E-state index is 0.688. The van der Waals surface area contributed by atoms with Gasteiger partial charge in [0.2, 0.25) is 0 Å². The Hall–Kier alpha value is -0.980. The fourth-order valence-corrected chi connectivity index (χ4v) is 0.562. The van der Waals surface area contributed by atoms with E-state index in [2.05, 4.69) is 12.7 Å². The fourth-order valence-electron chi connectivity index (χ4n) is 0.562. The summed E-state index contributed by atoms with van der Waals surface area (Å²) in [5.41, 5.74) is 7.09. The van der Waals surface area contributed by atoms with Crippen LogP contribution in [0.15, 0.2) is 30.0 Å². The normalized spacial score (nSPS) is 18.5. The standard InChI is InChI=1S/C7H8N/c1-6-4-2-3-5-7(6)8/h2-3H,1,4,8H2. The molecule has 1 aliphatic rings. The molecule has 0 saturated heterocycles. The third kappa shape index (κ3) is 0.808. The maximum absolute atomic E-state index is 5.43. The van der Waals surface area contributed by atoms with Crippen LogP contribution in [-0.2, 0) is 0 Å². The van der Waals surface area contributed by atoms with E-state index in [9.17, 15) is 0 Å². The molecule has 0 aromatic rings. The summed E-state index contributed by atoms with van der Waals surface area (Å²) in [6, 6.07) is 0. The molecule has 0 amide bonds. The van der Waals surface area contributed by atoms with Crippen LogP contribution in [0.1, 0.15) is 6.42 Å². The van der Waals surface area contributed by atoms with Crippen LogP contribution in [0.2, 0.25) is 0 Å². The maximum atomic E-state index is 5.43. The highest BCUT2D eigenvalue weighted by atomic mass is 14.6. The molecule has 0 spiro atoms. The van der Waals surface area contributed by atoms with E-state index in [0.717, 1.165) is 12.0 Å². The molecule has 0 aromatic carbocycles. The van der Waals surface area contributed by atoms with Crippen LogP contribution < -0.4 is 5.73 Å². The molecule has 1 rings (SSSR count). The summed E-state index contributed by atoms with van der Waals surface area (Å²) in [5.74, 6) is 0. The first-order valence-corrected chi connectivity index (χ1v) is 2.53. The minimum Gasteiger partial charge on any atom is -0.398 e. The van der Waals surface area contributed by atoms with Gasteiger partial charge in [-0.3, -0.25) is 0 Å². The smallest absolute Gasteiger partial charge is 0.0424 e. The summed E-state index contributed by atoms with van der Waals surface area (Å²) in [5, 5.41) is 0. The monoisotopic (exact) mass is 106 g/mol. The van der Waals surface area contributed by atoms with Crippen LogP contribution >= 0.6 is 0 Å². The summed E-state index contributed by atoms with van der Waals surface area (Å²) >= 11 is 0. The molecule has 0 aromatic heterocycles. The molecule has 0 unspecified atom stereocenters. The van der Waals surface area contributed by atoms with Gasteiger partial charge in [-0.25, -0.2) is 0 Å². The van der Waals surface area contributed by atoms with Crippen molar-refractivity contribution in [1.82, 2.24) is 0 Å². The van der Waals surface area contributed by atoms with E-state index in [-0.39, 0.29) is 0 Å². The highest BCUT2D eigenvalue weighted by Gasteiger charge is 1.96. The molecule has 1 radical (unpaired) electrons. The Labute approximate surface area is 49.2 Å². The fraction of sp³-hybridized carbons (Fsp3) is 0.143. The Balaban J connectivity index is 2.80. The van der Waals surface area contributed by atoms with Crippen molar-refractivity contribution in [2.75, 3.05) is 0 Å². The molecule has 41 valence electrons. The van der Waals surface area contributed by atoms with Crippen molar-refractivity contribution in [3.63, 3.8) is 0 Å². The van der Waals surface area contributed by atoms with Crippen molar-refractivity contribution in [3.8, 4) is 0 Å². The topological polar surface area (TPSA) is 26.0 Å². The van der Waals surface area contributed by atoms with Gasteiger partial charge in [0.1, 0.15) is 0 Å². The van der Waals surface area contributed by atoms with Crippen LogP contribution in [0.25, 0.3) is 0 Å². The average Bonchev–Trinajstić information content (AvgIpc) is 1.77. The summed E-state index contributed by atoms with van der Waals surface area (Å²) in [6.07, 6.45) is 7.53. The lowest BCUT2D eigenvalue weighted by Crippen LogP contribution is -2.01. The molecule has 0 heterocycles. The van der Waals surface area contributed by atoms with Crippen LogP contribution in [0, 0.1) is 6.08 Å². The predicted octanol–water partition coefficient (Wildman–Crippen LogP) is 1.15. The quantitative estimate of drug-likeness (QED) is 0.492. The predicted molar refractivity (Wildman–Crippen MR) is 33.8 cm³/mol. The zero-order valence-corrected chi connectivity index (χ0v) is 4.65. The second-order valence-corrected chi connectivity index (χ2v) is 1.77. The van der Waals surface area contributed by atoms with Crippen LogP contribution in [0.5, 0.6) is 0 Å². The zero-order valence-electron chi connectivity index (χ0n) is 4.65. The first-order chi connectivity index (χ1) is 3.80. The van der Waals surface area contributed by atoms with E-state index in [1.54, 1.807) is 0 Å². The summed E-state index contributed by atoms with van der Waals surface area (Å²) < 4.78 is 0. The second-order valence-electron chi connectivity index (χ2n) is 1.77. The maximum Gasteiger partial charge on any atom is 0.0424 e. The van der Waals surface area contributed by atoms with Gasteiger partial charge in [-0.15, -0.1) is 0 Å². The van der Waals surface area contributed by atoms with E-state index < -0.39 is 0 Å². The van der Waals surface area contributed by atoms with Crippen molar-refractivity contribution in [1.29, 1.82) is 0 Å². The number of nitrogens with two attached hydrogens (primary N) is 1. The van der Waals surface area contributed by atoms with Crippen LogP contribution in [0.4, 0.5) is 0 Å². The molecule has 2 N–H and O–H groups in total. The molecule has 0 fully saturated rings. The summed E-state index contributed by atoms with van der Waals surface area (Å²) in [7, 11) is 0. The molecule has 8 heavy (non-hydrogen) atoms. The molecule has 1 aliphatic carbocycles. The molecule has 0 saturated carbocycles. The Morgan fingerprint density at radius 2 is 2.50 bits per heavy atom. The molecule has 1 nitrogen and oxygen atoms in total. The van der Waals surface area contributed by atoms with Gasteiger partial charge < -0.3 is 5.73 Å². The molecule has 1 heteroatoms. The van der Waals surface area contributed by atoms with Gasteiger partial charge in [0.25, 0.3) is 0 Å². The highest BCUT2D eigenvalue weighted by Crippen LogP contribution is 2.10. The summed E-state index contributed by atoms with van der Waals surface area (Å²) in [6.45, 7) is 3.72. The zero-order chi connectivity index (χ0) is 5.98. The lowest BCUT2D eigenvalue weighted by Gasteiger charge is -2.03. The molecular weight excluding hydrogens is 98.1 g/mol. The lowest BCUT2D eigenvalue weighted by atomic mass is 10.1. The molecule has 0 atom stereocenters. The number of hydrogen-bond donors (Lipinski definition) is 1. The summed E-state index contributed by atoms with van der Waals surface area (Å²) in [4.78, 5) is 0. The van der Waals surface area contributed by atoms with E-state index in [4.69, 9.17) is 5.73 Å². The Bertz CT molecular complexity index is 163. The minimum atomic E-state index is 0.688. The number of rotatable bonds is 0. The average molecular weight is 106 g/mol. The number of hydrogen-bond acceptors (Lipinski definition) is 1. The third-order valence-corrected chi connectivity index (χ3v) is 1.10. The van der Waals surface area contributed by atoms with Gasteiger partial charge in [0, 0.05) is 11.8 Å². The van der Waals surface area contributed by atoms with E-state index in [1.807, 2.05) is 12.2 Å². The van der Waals surface area contributed by atoms with E-state index >= 15 is 0 Å². The Kier molecular flexibility index (Phi) is 1.20. The SMILES string of the molecule is C=C1CC=C[C]=C1N. The molecule has 0 bridgehead atoms. The van der Waals surface area contributed by atoms with E-state index in [1.165, 1.54) is 0 Å². The van der Waals surface area contributed by atoms with Gasteiger partial charge in [0.15, 0.2) is 0 Å². The second kappa shape index (κ2) is 1.86. The Morgan fingerprint density at radius 3 is 2.88 bits per heavy atom. The van der Waals surface area contributed by atoms with Crippen molar-refractivity contribution in [2.24, 2.45) is 5.73 Å². The third-order valence-electron chi connectivity index (χ3n) is 1.10. The first-order valence-electron chi connectivity index (χ1n) is 2.53. The van der Waals surface area contributed by atoms with Gasteiger partial charge in [-0.1, -0.05) is 18.7 Å². The van der Waals surface area contributed by atoms with Gasteiger partial charge in [0.05, 0.1) is 0 Å². The van der Waals surface area contributed by atoms with Gasteiger partial charge >= 0.3 is 0 Å². The largest absolute Gasteiger partial charge is 0.398 e.